The molecule has 2 aromatic rings. The van der Waals surface area contributed by atoms with Crippen LogP contribution in [0.4, 0.5) is 11.4 Å². The molecule has 0 aliphatic rings. The minimum Gasteiger partial charge on any atom is -0.452 e. The van der Waals surface area contributed by atoms with E-state index < -0.39 is 11.9 Å². The minimum atomic E-state index is -0.545. The van der Waals surface area contributed by atoms with Crippen molar-refractivity contribution in [3.05, 3.63) is 58.1 Å². The second-order valence-electron chi connectivity index (χ2n) is 6.39. The number of aryl methyl sites for hydroxylation is 2. The maximum Gasteiger partial charge on any atom is 0.340 e. The first-order valence-electron chi connectivity index (χ1n) is 8.99. The number of amides is 1. The Labute approximate surface area is 165 Å². The van der Waals surface area contributed by atoms with Gasteiger partial charge in [-0.15, -0.1) is 0 Å². The van der Waals surface area contributed by atoms with Gasteiger partial charge in [-0.1, -0.05) is 43.1 Å². The third-order valence-corrected chi connectivity index (χ3v) is 4.32. The van der Waals surface area contributed by atoms with Crippen molar-refractivity contribution in [1.82, 2.24) is 0 Å². The molecule has 0 bridgehead atoms. The molecule has 0 spiro atoms. The van der Waals surface area contributed by atoms with Crippen LogP contribution in [-0.4, -0.2) is 25.0 Å². The highest BCUT2D eigenvalue weighted by molar-refractivity contribution is 6.34. The van der Waals surface area contributed by atoms with E-state index in [-0.39, 0.29) is 6.61 Å². The summed E-state index contributed by atoms with van der Waals surface area (Å²) in [4.78, 5) is 24.5. The Morgan fingerprint density at radius 2 is 1.89 bits per heavy atom. The van der Waals surface area contributed by atoms with Gasteiger partial charge < -0.3 is 15.4 Å². The number of carbonyl (C=O) groups excluding carboxylic acids is 2. The first-order chi connectivity index (χ1) is 12.9. The summed E-state index contributed by atoms with van der Waals surface area (Å²) in [5.74, 6) is -0.981. The molecule has 0 saturated carbocycles. The highest BCUT2D eigenvalue weighted by Crippen LogP contribution is 2.27. The maximum atomic E-state index is 12.4. The highest BCUT2D eigenvalue weighted by atomic mass is 35.5. The second kappa shape index (κ2) is 9.97. The van der Waals surface area contributed by atoms with Gasteiger partial charge in [0.1, 0.15) is 0 Å². The van der Waals surface area contributed by atoms with Crippen molar-refractivity contribution in [2.24, 2.45) is 0 Å². The minimum absolute atomic E-state index is 0.383. The number of benzene rings is 2. The van der Waals surface area contributed by atoms with Crippen molar-refractivity contribution in [1.29, 1.82) is 0 Å². The summed E-state index contributed by atoms with van der Waals surface area (Å²) in [6, 6.07) is 10.8. The van der Waals surface area contributed by atoms with Gasteiger partial charge in [-0.2, -0.15) is 0 Å². The molecule has 2 rings (SSSR count). The van der Waals surface area contributed by atoms with Crippen LogP contribution in [0.3, 0.4) is 0 Å². The van der Waals surface area contributed by atoms with Crippen LogP contribution < -0.4 is 10.6 Å². The fourth-order valence-electron chi connectivity index (χ4n) is 2.67. The van der Waals surface area contributed by atoms with Crippen LogP contribution in [-0.2, 0) is 9.53 Å². The molecule has 0 aliphatic heterocycles. The fourth-order valence-corrected chi connectivity index (χ4v) is 3.04. The molecule has 5 nitrogen and oxygen atoms in total. The molecule has 144 valence electrons. The van der Waals surface area contributed by atoms with Gasteiger partial charge in [-0.05, 0) is 49.6 Å². The van der Waals surface area contributed by atoms with E-state index in [1.165, 1.54) is 0 Å². The molecule has 0 unspecified atom stereocenters. The Morgan fingerprint density at radius 3 is 2.59 bits per heavy atom. The normalized spacial score (nSPS) is 10.4. The van der Waals surface area contributed by atoms with E-state index in [1.54, 1.807) is 18.2 Å². The van der Waals surface area contributed by atoms with Crippen molar-refractivity contribution >= 4 is 34.9 Å². The van der Waals surface area contributed by atoms with Crippen LogP contribution in [0.25, 0.3) is 0 Å². The molecule has 1 amide bonds. The van der Waals surface area contributed by atoms with Crippen LogP contribution in [0.2, 0.25) is 5.02 Å². The number of para-hydroxylation sites is 1. The summed E-state index contributed by atoms with van der Waals surface area (Å²) in [5.41, 5.74) is 3.50. The van der Waals surface area contributed by atoms with Crippen molar-refractivity contribution in [3.8, 4) is 0 Å². The van der Waals surface area contributed by atoms with E-state index in [0.29, 0.717) is 22.0 Å². The third-order valence-electron chi connectivity index (χ3n) is 4.02. The number of unbranched alkanes of at least 4 members (excludes halogenated alkanes) is 1. The summed E-state index contributed by atoms with van der Waals surface area (Å²) < 4.78 is 5.18. The Morgan fingerprint density at radius 1 is 1.15 bits per heavy atom. The molecule has 0 aliphatic carbocycles. The molecule has 0 atom stereocenters. The lowest BCUT2D eigenvalue weighted by molar-refractivity contribution is -0.119. The van der Waals surface area contributed by atoms with E-state index in [0.717, 1.165) is 30.5 Å². The van der Waals surface area contributed by atoms with E-state index >= 15 is 0 Å². The van der Waals surface area contributed by atoms with Gasteiger partial charge in [0.2, 0.25) is 0 Å². The monoisotopic (exact) mass is 388 g/mol. The largest absolute Gasteiger partial charge is 0.452 e. The number of anilines is 2. The first-order valence-corrected chi connectivity index (χ1v) is 9.36. The molecule has 6 heteroatoms. The fraction of sp³-hybridized carbons (Fsp3) is 0.333. The SMILES string of the molecule is CCCCNc1ccccc1C(=O)OCC(=O)Nc1c(C)cc(C)cc1Cl. The summed E-state index contributed by atoms with van der Waals surface area (Å²) in [6.07, 6.45) is 2.06. The number of hydrogen-bond acceptors (Lipinski definition) is 4. The van der Waals surface area contributed by atoms with Crippen LogP contribution in [0.5, 0.6) is 0 Å². The first kappa shape index (κ1) is 20.8. The number of hydrogen-bond donors (Lipinski definition) is 2. The van der Waals surface area contributed by atoms with E-state index in [4.69, 9.17) is 16.3 Å². The molecule has 0 saturated heterocycles. The predicted octanol–water partition coefficient (Wildman–Crippen LogP) is 4.96. The molecule has 2 N–H and O–H groups in total. The van der Waals surface area contributed by atoms with Gasteiger partial charge in [-0.25, -0.2) is 4.79 Å². The van der Waals surface area contributed by atoms with Gasteiger partial charge in [0.15, 0.2) is 6.61 Å². The zero-order chi connectivity index (χ0) is 19.8. The standard InChI is InChI=1S/C21H25ClN2O3/c1-4-5-10-23-18-9-7-6-8-16(18)21(26)27-13-19(25)24-20-15(3)11-14(2)12-17(20)22/h6-9,11-12,23H,4-5,10,13H2,1-3H3,(H,24,25). The van der Waals surface area contributed by atoms with Gasteiger partial charge >= 0.3 is 5.97 Å². The highest BCUT2D eigenvalue weighted by Gasteiger charge is 2.15. The van der Waals surface area contributed by atoms with Gasteiger partial charge in [0, 0.05) is 12.2 Å². The zero-order valence-corrected chi connectivity index (χ0v) is 16.7. The molecule has 0 fully saturated rings. The third kappa shape index (κ3) is 6.00. The van der Waals surface area contributed by atoms with Crippen LogP contribution in [0.1, 0.15) is 41.3 Å². The summed E-state index contributed by atoms with van der Waals surface area (Å²) in [7, 11) is 0. The molecule has 0 heterocycles. The van der Waals surface area contributed by atoms with Crippen molar-refractivity contribution in [2.75, 3.05) is 23.8 Å². The summed E-state index contributed by atoms with van der Waals surface area (Å²) in [5, 5.41) is 6.39. The molecule has 2 aromatic carbocycles. The number of carbonyl (C=O) groups is 2. The zero-order valence-electron chi connectivity index (χ0n) is 15.9. The molecule has 0 aromatic heterocycles. The topological polar surface area (TPSA) is 67.4 Å². The van der Waals surface area contributed by atoms with E-state index in [9.17, 15) is 9.59 Å². The van der Waals surface area contributed by atoms with Crippen molar-refractivity contribution < 1.29 is 14.3 Å². The Balaban J connectivity index is 1.97. The number of halogens is 1. The smallest absolute Gasteiger partial charge is 0.340 e. The number of rotatable bonds is 8. The van der Waals surface area contributed by atoms with Crippen molar-refractivity contribution in [3.63, 3.8) is 0 Å². The lowest BCUT2D eigenvalue weighted by atomic mass is 10.1. The molecule has 0 radical (unpaired) electrons. The van der Waals surface area contributed by atoms with Crippen LogP contribution in [0, 0.1) is 13.8 Å². The Bertz CT molecular complexity index is 798. The van der Waals surface area contributed by atoms with E-state index in [1.807, 2.05) is 32.0 Å². The predicted molar refractivity (Wildman–Crippen MR) is 110 cm³/mol. The summed E-state index contributed by atoms with van der Waals surface area (Å²) >= 11 is 6.19. The maximum absolute atomic E-state index is 12.4. The molecular weight excluding hydrogens is 364 g/mol. The second-order valence-corrected chi connectivity index (χ2v) is 6.80. The van der Waals surface area contributed by atoms with Crippen molar-refractivity contribution in [2.45, 2.75) is 33.6 Å². The number of esters is 1. The van der Waals surface area contributed by atoms with Gasteiger partial charge in [0.25, 0.3) is 5.91 Å². The van der Waals surface area contributed by atoms with Gasteiger partial charge in [0.05, 0.1) is 16.3 Å². The van der Waals surface area contributed by atoms with Crippen LogP contribution in [0.15, 0.2) is 36.4 Å². The van der Waals surface area contributed by atoms with Gasteiger partial charge in [-0.3, -0.25) is 4.79 Å². The Hall–Kier alpha value is -2.53. The Kier molecular flexibility index (Phi) is 7.67. The lowest BCUT2D eigenvalue weighted by Gasteiger charge is -2.13. The van der Waals surface area contributed by atoms with E-state index in [2.05, 4.69) is 17.6 Å². The molecule has 27 heavy (non-hydrogen) atoms. The number of nitrogens with one attached hydrogen (secondary N) is 2. The lowest BCUT2D eigenvalue weighted by Crippen LogP contribution is -2.22. The average Bonchev–Trinajstić information content (AvgIpc) is 2.63. The quantitative estimate of drug-likeness (QED) is 0.495. The summed E-state index contributed by atoms with van der Waals surface area (Å²) in [6.45, 7) is 6.28. The number of ether oxygens (including phenoxy) is 1. The molecular formula is C21H25ClN2O3. The van der Waals surface area contributed by atoms with Crippen LogP contribution >= 0.6 is 11.6 Å². The average molecular weight is 389 g/mol.